The van der Waals surface area contributed by atoms with Gasteiger partial charge in [-0.25, -0.2) is 0 Å². The van der Waals surface area contributed by atoms with Gasteiger partial charge in [-0.15, -0.1) is 0 Å². The van der Waals surface area contributed by atoms with Gasteiger partial charge in [0.05, 0.1) is 17.7 Å². The van der Waals surface area contributed by atoms with Crippen LogP contribution in [0.2, 0.25) is 0 Å². The predicted octanol–water partition coefficient (Wildman–Crippen LogP) is 2.68. The molecule has 0 spiro atoms. The van der Waals surface area contributed by atoms with Gasteiger partial charge in [-0.1, -0.05) is 24.3 Å². The molecule has 0 bridgehead atoms. The zero-order chi connectivity index (χ0) is 15.1. The third-order valence-electron chi connectivity index (χ3n) is 3.86. The summed E-state index contributed by atoms with van der Waals surface area (Å²) in [5, 5.41) is 0. The van der Waals surface area contributed by atoms with Crippen molar-refractivity contribution < 1.29 is 9.59 Å². The molecule has 0 unspecified atom stereocenters. The van der Waals surface area contributed by atoms with Crippen LogP contribution in [0.1, 0.15) is 37.4 Å². The number of benzene rings is 2. The number of hydrogen-bond acceptors (Lipinski definition) is 3. The van der Waals surface area contributed by atoms with Gasteiger partial charge in [-0.2, -0.15) is 0 Å². The molecule has 1 heterocycles. The number of carbonyl (C=O) groups is 2. The smallest absolute Gasteiger partial charge is 0.262 e. The van der Waals surface area contributed by atoms with Gasteiger partial charge in [0.25, 0.3) is 11.8 Å². The van der Waals surface area contributed by atoms with Crippen molar-refractivity contribution in [3.63, 3.8) is 0 Å². The molecule has 0 radical (unpaired) electrons. The average molecular weight is 280 g/mol. The number of amides is 2. The summed E-state index contributed by atoms with van der Waals surface area (Å²) in [5.74, 6) is -0.430. The third kappa shape index (κ3) is 2.09. The Morgan fingerprint density at radius 1 is 0.857 bits per heavy atom. The average Bonchev–Trinajstić information content (AvgIpc) is 2.71. The summed E-state index contributed by atoms with van der Waals surface area (Å²) in [6.07, 6.45) is 0. The molecule has 0 fully saturated rings. The molecule has 0 saturated heterocycles. The molecule has 21 heavy (non-hydrogen) atoms. The number of imide groups is 1. The monoisotopic (exact) mass is 280 g/mol. The molecule has 2 N–H and O–H groups in total. The van der Waals surface area contributed by atoms with Gasteiger partial charge in [-0.05, 0) is 42.7 Å². The Balaban J connectivity index is 1.98. The molecule has 2 aromatic rings. The van der Waals surface area contributed by atoms with Crippen LogP contribution in [0.5, 0.6) is 0 Å². The Kier molecular flexibility index (Phi) is 3.01. The fourth-order valence-electron chi connectivity index (χ4n) is 2.67. The van der Waals surface area contributed by atoms with Crippen LogP contribution >= 0.6 is 0 Å². The van der Waals surface area contributed by atoms with Gasteiger partial charge >= 0.3 is 0 Å². The summed E-state index contributed by atoms with van der Waals surface area (Å²) < 4.78 is 0. The molecule has 0 aromatic heterocycles. The molecular formula is C17H16N2O2. The Labute approximate surface area is 123 Å². The molecule has 4 heteroatoms. The fraction of sp³-hybridized carbons (Fsp3) is 0.176. The molecule has 1 aliphatic rings. The number of anilines is 1. The lowest BCUT2D eigenvalue weighted by atomic mass is 9.99. The highest BCUT2D eigenvalue weighted by atomic mass is 16.2. The lowest BCUT2D eigenvalue weighted by Crippen LogP contribution is -2.29. The van der Waals surface area contributed by atoms with E-state index in [9.17, 15) is 9.59 Å². The largest absolute Gasteiger partial charge is 0.399 e. The van der Waals surface area contributed by atoms with E-state index < -0.39 is 0 Å². The molecule has 2 amide bonds. The van der Waals surface area contributed by atoms with Gasteiger partial charge in [0.1, 0.15) is 0 Å². The minimum atomic E-state index is -0.215. The van der Waals surface area contributed by atoms with Crippen molar-refractivity contribution in [1.29, 1.82) is 0 Å². The van der Waals surface area contributed by atoms with Crippen molar-refractivity contribution in [1.82, 2.24) is 4.90 Å². The van der Waals surface area contributed by atoms with Gasteiger partial charge in [0, 0.05) is 5.69 Å². The molecule has 0 atom stereocenters. The summed E-state index contributed by atoms with van der Waals surface area (Å²) in [6.45, 7) is 3.98. The van der Waals surface area contributed by atoms with Crippen LogP contribution in [0, 0.1) is 13.8 Å². The van der Waals surface area contributed by atoms with Crippen molar-refractivity contribution in [3.8, 4) is 0 Å². The lowest BCUT2D eigenvalue weighted by Gasteiger charge is -2.14. The number of nitrogen functional groups attached to an aromatic ring is 1. The first-order valence-electron chi connectivity index (χ1n) is 6.80. The van der Waals surface area contributed by atoms with Crippen LogP contribution < -0.4 is 5.73 Å². The number of carbonyl (C=O) groups excluding carboxylic acids is 2. The van der Waals surface area contributed by atoms with E-state index in [1.54, 1.807) is 12.1 Å². The molecule has 3 rings (SSSR count). The van der Waals surface area contributed by atoms with Crippen LogP contribution in [0.3, 0.4) is 0 Å². The number of fused-ring (bicyclic) bond motifs is 1. The van der Waals surface area contributed by atoms with Gasteiger partial charge in [-0.3, -0.25) is 14.5 Å². The number of aryl methyl sites for hydroxylation is 2. The zero-order valence-corrected chi connectivity index (χ0v) is 12.0. The van der Waals surface area contributed by atoms with Crippen LogP contribution in [0.4, 0.5) is 5.69 Å². The predicted molar refractivity (Wildman–Crippen MR) is 81.0 cm³/mol. The van der Waals surface area contributed by atoms with Crippen LogP contribution in [-0.2, 0) is 6.54 Å². The van der Waals surface area contributed by atoms with Crippen molar-refractivity contribution >= 4 is 17.5 Å². The van der Waals surface area contributed by atoms with E-state index in [1.165, 1.54) is 4.90 Å². The first kappa shape index (κ1) is 13.4. The standard InChI is InChI=1S/C17H16N2O2/c1-10-3-4-11(2)15-14(10)16(20)19(17(15)21)9-12-5-7-13(18)8-6-12/h3-8H,9,18H2,1-2H3. The maximum Gasteiger partial charge on any atom is 0.262 e. The quantitative estimate of drug-likeness (QED) is 0.679. The molecule has 2 aromatic carbocycles. The highest BCUT2D eigenvalue weighted by molar-refractivity contribution is 6.22. The maximum absolute atomic E-state index is 12.5. The Morgan fingerprint density at radius 3 is 1.81 bits per heavy atom. The van der Waals surface area contributed by atoms with Crippen molar-refractivity contribution in [2.24, 2.45) is 0 Å². The highest BCUT2D eigenvalue weighted by Crippen LogP contribution is 2.29. The number of hydrogen-bond donors (Lipinski definition) is 1. The van der Waals surface area contributed by atoms with Crippen LogP contribution in [-0.4, -0.2) is 16.7 Å². The summed E-state index contributed by atoms with van der Waals surface area (Å²) in [6, 6.07) is 11.0. The molecule has 0 aliphatic carbocycles. The minimum Gasteiger partial charge on any atom is -0.399 e. The molecular weight excluding hydrogens is 264 g/mol. The molecule has 106 valence electrons. The fourth-order valence-corrected chi connectivity index (χ4v) is 2.67. The summed E-state index contributed by atoms with van der Waals surface area (Å²) in [4.78, 5) is 26.4. The second-order valence-corrected chi connectivity index (χ2v) is 5.39. The molecule has 4 nitrogen and oxygen atoms in total. The Bertz CT molecular complexity index is 707. The second kappa shape index (κ2) is 4.74. The first-order chi connectivity index (χ1) is 9.99. The Hall–Kier alpha value is -2.62. The van der Waals surface area contributed by atoms with Crippen molar-refractivity contribution in [2.45, 2.75) is 20.4 Å². The SMILES string of the molecule is Cc1ccc(C)c2c1C(=O)N(Cc1ccc(N)cc1)C2=O. The minimum absolute atomic E-state index is 0.215. The number of rotatable bonds is 2. The highest BCUT2D eigenvalue weighted by Gasteiger charge is 2.37. The second-order valence-electron chi connectivity index (χ2n) is 5.39. The number of nitrogens with zero attached hydrogens (tertiary/aromatic N) is 1. The van der Waals surface area contributed by atoms with E-state index in [4.69, 9.17) is 5.73 Å². The van der Waals surface area contributed by atoms with Crippen molar-refractivity contribution in [3.05, 3.63) is 64.2 Å². The van der Waals surface area contributed by atoms with E-state index >= 15 is 0 Å². The molecule has 1 aliphatic heterocycles. The van der Waals surface area contributed by atoms with E-state index in [0.717, 1.165) is 16.7 Å². The van der Waals surface area contributed by atoms with E-state index in [1.807, 2.05) is 38.1 Å². The summed E-state index contributed by atoms with van der Waals surface area (Å²) in [5.41, 5.74) is 9.95. The zero-order valence-electron chi connectivity index (χ0n) is 12.0. The topological polar surface area (TPSA) is 63.4 Å². The number of nitrogens with two attached hydrogens (primary N) is 1. The van der Waals surface area contributed by atoms with Crippen LogP contribution in [0.15, 0.2) is 36.4 Å². The molecule has 0 saturated carbocycles. The van der Waals surface area contributed by atoms with Crippen molar-refractivity contribution in [2.75, 3.05) is 5.73 Å². The Morgan fingerprint density at radius 2 is 1.33 bits per heavy atom. The van der Waals surface area contributed by atoms with Gasteiger partial charge in [0.15, 0.2) is 0 Å². The summed E-state index contributed by atoms with van der Waals surface area (Å²) in [7, 11) is 0. The van der Waals surface area contributed by atoms with E-state index in [0.29, 0.717) is 16.8 Å². The van der Waals surface area contributed by atoms with E-state index in [-0.39, 0.29) is 18.4 Å². The summed E-state index contributed by atoms with van der Waals surface area (Å²) >= 11 is 0. The first-order valence-corrected chi connectivity index (χ1v) is 6.80. The van der Waals surface area contributed by atoms with Crippen LogP contribution in [0.25, 0.3) is 0 Å². The van der Waals surface area contributed by atoms with E-state index in [2.05, 4.69) is 0 Å². The van der Waals surface area contributed by atoms with Gasteiger partial charge < -0.3 is 5.73 Å². The third-order valence-corrected chi connectivity index (χ3v) is 3.86. The van der Waals surface area contributed by atoms with Gasteiger partial charge in [0.2, 0.25) is 0 Å². The lowest BCUT2D eigenvalue weighted by molar-refractivity contribution is 0.0642. The normalized spacial score (nSPS) is 13.7. The maximum atomic E-state index is 12.5.